The summed E-state index contributed by atoms with van der Waals surface area (Å²) in [5.41, 5.74) is 2.65. The highest BCUT2D eigenvalue weighted by molar-refractivity contribution is 9.10. The Labute approximate surface area is 219 Å². The number of carboxylic acid groups (broad SMARTS) is 1. The first-order chi connectivity index (χ1) is 17.3. The SMILES string of the molecule is Cc1oc(-c2ccccc2)nc1CCOc1ccc(C[C@](C)(NCc2ccc(Br)cc2)C(=O)O)cc1. The number of nitrogens with zero attached hydrogens (tertiary/aromatic N) is 1. The molecule has 2 N–H and O–H groups in total. The van der Waals surface area contributed by atoms with Crippen molar-refractivity contribution < 1.29 is 19.1 Å². The molecule has 0 fully saturated rings. The van der Waals surface area contributed by atoms with Crippen molar-refractivity contribution in [3.8, 4) is 17.2 Å². The van der Waals surface area contributed by atoms with E-state index in [4.69, 9.17) is 9.15 Å². The van der Waals surface area contributed by atoms with Crippen LogP contribution in [0.2, 0.25) is 0 Å². The van der Waals surface area contributed by atoms with E-state index in [0.717, 1.165) is 38.4 Å². The third-order valence-electron chi connectivity index (χ3n) is 6.07. The van der Waals surface area contributed by atoms with Crippen LogP contribution in [0.15, 0.2) is 87.8 Å². The van der Waals surface area contributed by atoms with E-state index >= 15 is 0 Å². The second-order valence-corrected chi connectivity index (χ2v) is 9.84. The average molecular weight is 549 g/mol. The van der Waals surface area contributed by atoms with Crippen LogP contribution in [-0.2, 0) is 24.2 Å². The quantitative estimate of drug-likeness (QED) is 0.232. The summed E-state index contributed by atoms with van der Waals surface area (Å²) in [5.74, 6) is 1.24. The van der Waals surface area contributed by atoms with Crippen molar-refractivity contribution in [2.75, 3.05) is 6.61 Å². The third kappa shape index (κ3) is 6.62. The van der Waals surface area contributed by atoms with Crippen molar-refractivity contribution in [3.63, 3.8) is 0 Å². The molecule has 0 saturated carbocycles. The first kappa shape index (κ1) is 25.7. The topological polar surface area (TPSA) is 84.6 Å². The normalized spacial score (nSPS) is 12.8. The van der Waals surface area contributed by atoms with E-state index in [1.165, 1.54) is 0 Å². The van der Waals surface area contributed by atoms with Crippen LogP contribution in [0.1, 0.15) is 29.5 Å². The van der Waals surface area contributed by atoms with Crippen molar-refractivity contribution in [3.05, 3.63) is 106 Å². The largest absolute Gasteiger partial charge is 0.493 e. The van der Waals surface area contributed by atoms with Gasteiger partial charge in [-0.05, 0) is 61.4 Å². The highest BCUT2D eigenvalue weighted by Gasteiger charge is 2.32. The molecule has 0 spiro atoms. The number of rotatable bonds is 11. The molecule has 0 saturated heterocycles. The molecule has 0 unspecified atom stereocenters. The summed E-state index contributed by atoms with van der Waals surface area (Å²) in [6, 6.07) is 25.2. The van der Waals surface area contributed by atoms with Crippen LogP contribution < -0.4 is 10.1 Å². The van der Waals surface area contributed by atoms with E-state index in [1.54, 1.807) is 6.92 Å². The van der Waals surface area contributed by atoms with Crippen LogP contribution in [0, 0.1) is 6.92 Å². The molecule has 1 atom stereocenters. The number of aliphatic carboxylic acids is 1. The van der Waals surface area contributed by atoms with Gasteiger partial charge < -0.3 is 14.3 Å². The fraction of sp³-hybridized carbons (Fsp3) is 0.241. The molecule has 6 nitrogen and oxygen atoms in total. The number of ether oxygens (including phenoxy) is 1. The van der Waals surface area contributed by atoms with Gasteiger partial charge in [0.05, 0.1) is 12.3 Å². The summed E-state index contributed by atoms with van der Waals surface area (Å²) < 4.78 is 12.7. The van der Waals surface area contributed by atoms with Crippen LogP contribution in [0.4, 0.5) is 0 Å². The predicted molar refractivity (Wildman–Crippen MR) is 143 cm³/mol. The summed E-state index contributed by atoms with van der Waals surface area (Å²) in [4.78, 5) is 16.7. The number of oxazole rings is 1. The van der Waals surface area contributed by atoms with Crippen LogP contribution >= 0.6 is 15.9 Å². The minimum Gasteiger partial charge on any atom is -0.493 e. The zero-order valence-electron chi connectivity index (χ0n) is 20.3. The predicted octanol–water partition coefficient (Wildman–Crippen LogP) is 6.21. The molecule has 3 aromatic carbocycles. The van der Waals surface area contributed by atoms with E-state index < -0.39 is 11.5 Å². The average Bonchev–Trinajstić information content (AvgIpc) is 3.25. The molecule has 0 aliphatic rings. The number of carboxylic acids is 1. The summed E-state index contributed by atoms with van der Waals surface area (Å²) in [5, 5.41) is 13.1. The Balaban J connectivity index is 1.31. The Morgan fingerprint density at radius 2 is 1.69 bits per heavy atom. The highest BCUT2D eigenvalue weighted by Crippen LogP contribution is 2.23. The molecule has 0 bridgehead atoms. The zero-order valence-corrected chi connectivity index (χ0v) is 21.9. The number of halogens is 1. The first-order valence-electron chi connectivity index (χ1n) is 11.8. The third-order valence-corrected chi connectivity index (χ3v) is 6.60. The van der Waals surface area contributed by atoms with Gasteiger partial charge in [-0.1, -0.05) is 58.4 Å². The lowest BCUT2D eigenvalue weighted by molar-refractivity contribution is -0.144. The lowest BCUT2D eigenvalue weighted by atomic mass is 9.92. The Kier molecular flexibility index (Phi) is 8.23. The molecular formula is C29H29BrN2O4. The molecular weight excluding hydrogens is 520 g/mol. The zero-order chi connectivity index (χ0) is 25.5. The summed E-state index contributed by atoms with van der Waals surface area (Å²) in [7, 11) is 0. The lowest BCUT2D eigenvalue weighted by Gasteiger charge is -2.27. The Morgan fingerprint density at radius 3 is 2.36 bits per heavy atom. The maximum atomic E-state index is 12.1. The molecule has 0 radical (unpaired) electrons. The Morgan fingerprint density at radius 1 is 1.03 bits per heavy atom. The molecule has 4 rings (SSSR count). The molecule has 36 heavy (non-hydrogen) atoms. The van der Waals surface area contributed by atoms with Gasteiger partial charge in [-0.25, -0.2) is 4.98 Å². The number of carbonyl (C=O) groups is 1. The van der Waals surface area contributed by atoms with Crippen molar-refractivity contribution in [1.29, 1.82) is 0 Å². The van der Waals surface area contributed by atoms with Crippen molar-refractivity contribution >= 4 is 21.9 Å². The molecule has 0 aliphatic carbocycles. The van der Waals surface area contributed by atoms with Gasteiger partial charge in [0, 0.05) is 29.4 Å². The van der Waals surface area contributed by atoms with Crippen LogP contribution in [0.25, 0.3) is 11.5 Å². The van der Waals surface area contributed by atoms with E-state index in [1.807, 2.05) is 85.8 Å². The number of aromatic nitrogens is 1. The number of benzene rings is 3. The van der Waals surface area contributed by atoms with Crippen LogP contribution in [0.5, 0.6) is 5.75 Å². The summed E-state index contributed by atoms with van der Waals surface area (Å²) in [6.07, 6.45) is 0.973. The maximum Gasteiger partial charge on any atom is 0.323 e. The highest BCUT2D eigenvalue weighted by atomic mass is 79.9. The van der Waals surface area contributed by atoms with Gasteiger partial charge in [0.2, 0.25) is 5.89 Å². The minimum atomic E-state index is -1.10. The Hall–Kier alpha value is -3.42. The van der Waals surface area contributed by atoms with E-state index in [0.29, 0.717) is 31.9 Å². The molecule has 7 heteroatoms. The number of hydrogen-bond acceptors (Lipinski definition) is 5. The van der Waals surface area contributed by atoms with Crippen molar-refractivity contribution in [1.82, 2.24) is 10.3 Å². The van der Waals surface area contributed by atoms with E-state index in [-0.39, 0.29) is 0 Å². The molecule has 4 aromatic rings. The van der Waals surface area contributed by atoms with Crippen LogP contribution in [-0.4, -0.2) is 28.2 Å². The summed E-state index contributed by atoms with van der Waals surface area (Å²) in [6.45, 7) is 4.55. The molecule has 0 amide bonds. The smallest absolute Gasteiger partial charge is 0.323 e. The fourth-order valence-corrected chi connectivity index (χ4v) is 4.12. The standard InChI is InChI=1S/C29H29BrN2O4/c1-20-26(32-27(36-20)23-6-4-3-5-7-23)16-17-35-25-14-10-21(11-15-25)18-29(2,28(33)34)31-19-22-8-12-24(30)13-9-22/h3-15,31H,16-19H2,1-2H3,(H,33,34)/t29-/m0/s1. The van der Waals surface area contributed by atoms with Gasteiger partial charge in [0.15, 0.2) is 0 Å². The monoisotopic (exact) mass is 548 g/mol. The van der Waals surface area contributed by atoms with Crippen LogP contribution in [0.3, 0.4) is 0 Å². The lowest BCUT2D eigenvalue weighted by Crippen LogP contribution is -2.50. The second kappa shape index (κ2) is 11.5. The van der Waals surface area contributed by atoms with Gasteiger partial charge in [-0.2, -0.15) is 0 Å². The summed E-state index contributed by atoms with van der Waals surface area (Å²) >= 11 is 3.42. The first-order valence-corrected chi connectivity index (χ1v) is 12.6. The number of nitrogens with one attached hydrogen (secondary N) is 1. The van der Waals surface area contributed by atoms with E-state index in [2.05, 4.69) is 26.2 Å². The molecule has 1 aromatic heterocycles. The van der Waals surface area contributed by atoms with Gasteiger partial charge in [0.25, 0.3) is 0 Å². The van der Waals surface area contributed by atoms with Gasteiger partial charge >= 0.3 is 5.97 Å². The van der Waals surface area contributed by atoms with Crippen molar-refractivity contribution in [2.45, 2.75) is 38.8 Å². The van der Waals surface area contributed by atoms with Gasteiger partial charge in [0.1, 0.15) is 17.0 Å². The maximum absolute atomic E-state index is 12.1. The molecule has 186 valence electrons. The van der Waals surface area contributed by atoms with Gasteiger partial charge in [-0.15, -0.1) is 0 Å². The van der Waals surface area contributed by atoms with Gasteiger partial charge in [-0.3, -0.25) is 10.1 Å². The minimum absolute atomic E-state index is 0.347. The Bertz CT molecular complexity index is 1290. The second-order valence-electron chi connectivity index (χ2n) is 8.92. The molecule has 1 heterocycles. The van der Waals surface area contributed by atoms with Crippen molar-refractivity contribution in [2.24, 2.45) is 0 Å². The van der Waals surface area contributed by atoms with E-state index in [9.17, 15) is 9.90 Å². The number of hydrogen-bond donors (Lipinski definition) is 2. The fourth-order valence-electron chi connectivity index (χ4n) is 3.85. The number of aryl methyl sites for hydroxylation is 1. The molecule has 0 aliphatic heterocycles.